The van der Waals surface area contributed by atoms with E-state index in [0.29, 0.717) is 5.96 Å². The van der Waals surface area contributed by atoms with Crippen LogP contribution in [0.15, 0.2) is 4.99 Å². The molecule has 0 saturated carbocycles. The fourth-order valence-corrected chi connectivity index (χ4v) is 1.62. The van der Waals surface area contributed by atoms with E-state index >= 15 is 0 Å². The number of hydrazine groups is 2. The molecule has 0 aliphatic carbocycles. The summed E-state index contributed by atoms with van der Waals surface area (Å²) in [5.41, 5.74) is 5.82. The van der Waals surface area contributed by atoms with E-state index in [2.05, 4.69) is 27.8 Å². The van der Waals surface area contributed by atoms with Gasteiger partial charge in [-0.3, -0.25) is 15.8 Å². The summed E-state index contributed by atoms with van der Waals surface area (Å²) in [6, 6.07) is 0. The third-order valence-electron chi connectivity index (χ3n) is 2.54. The first-order valence-corrected chi connectivity index (χ1v) is 5.89. The number of hydrogen-bond donors (Lipinski definition) is 3. The van der Waals surface area contributed by atoms with Gasteiger partial charge in [-0.05, 0) is 19.3 Å². The van der Waals surface area contributed by atoms with Crippen LogP contribution in [0.25, 0.3) is 0 Å². The third kappa shape index (κ3) is 4.99. The lowest BCUT2D eigenvalue weighted by Crippen LogP contribution is -2.52. The highest BCUT2D eigenvalue weighted by Crippen LogP contribution is 2.05. The number of nitrogens with zero attached hydrogens (tertiary/aromatic N) is 2. The van der Waals surface area contributed by atoms with E-state index in [0.717, 1.165) is 32.5 Å². The molecule has 0 aromatic heterocycles. The van der Waals surface area contributed by atoms with Crippen molar-refractivity contribution in [3.05, 3.63) is 0 Å². The van der Waals surface area contributed by atoms with Crippen molar-refractivity contribution in [3.63, 3.8) is 0 Å². The van der Waals surface area contributed by atoms with Crippen LogP contribution < -0.4 is 16.7 Å². The van der Waals surface area contributed by atoms with Crippen LogP contribution in [0.1, 0.15) is 39.0 Å². The van der Waals surface area contributed by atoms with E-state index < -0.39 is 0 Å². The maximum absolute atomic E-state index is 5.40. The van der Waals surface area contributed by atoms with Crippen molar-refractivity contribution in [2.45, 2.75) is 39.0 Å². The summed E-state index contributed by atoms with van der Waals surface area (Å²) in [5.74, 6) is 6.09. The van der Waals surface area contributed by atoms with Crippen LogP contribution in [0.3, 0.4) is 0 Å². The molecule has 88 valence electrons. The van der Waals surface area contributed by atoms with Gasteiger partial charge in [-0.1, -0.05) is 19.8 Å². The van der Waals surface area contributed by atoms with Crippen molar-refractivity contribution < 1.29 is 0 Å². The van der Waals surface area contributed by atoms with Crippen LogP contribution in [-0.4, -0.2) is 30.6 Å². The Kier molecular flexibility index (Phi) is 6.11. The highest BCUT2D eigenvalue weighted by molar-refractivity contribution is 5.78. The van der Waals surface area contributed by atoms with E-state index in [-0.39, 0.29) is 0 Å². The molecule has 4 N–H and O–H groups in total. The Labute approximate surface area is 92.1 Å². The molecule has 0 bridgehead atoms. The first kappa shape index (κ1) is 12.3. The largest absolute Gasteiger partial charge is 0.293 e. The molecule has 5 nitrogen and oxygen atoms in total. The zero-order valence-electron chi connectivity index (χ0n) is 9.63. The van der Waals surface area contributed by atoms with Crippen LogP contribution in [0.4, 0.5) is 0 Å². The summed E-state index contributed by atoms with van der Waals surface area (Å²) in [5, 5.41) is 2.17. The lowest BCUT2D eigenvalue weighted by atomic mass is 10.2. The molecule has 0 atom stereocenters. The maximum atomic E-state index is 5.40. The molecule has 15 heavy (non-hydrogen) atoms. The second-order valence-electron chi connectivity index (χ2n) is 3.89. The zero-order chi connectivity index (χ0) is 10.9. The average Bonchev–Trinajstić information content (AvgIpc) is 2.29. The van der Waals surface area contributed by atoms with E-state index in [4.69, 9.17) is 5.84 Å². The molecule has 0 radical (unpaired) electrons. The lowest BCUT2D eigenvalue weighted by molar-refractivity contribution is 0.191. The van der Waals surface area contributed by atoms with Crippen molar-refractivity contribution in [1.82, 2.24) is 15.9 Å². The quantitative estimate of drug-likeness (QED) is 0.210. The zero-order valence-corrected chi connectivity index (χ0v) is 9.63. The normalized spacial score (nSPS) is 18.9. The van der Waals surface area contributed by atoms with Gasteiger partial charge in [0.25, 0.3) is 0 Å². The van der Waals surface area contributed by atoms with Crippen LogP contribution in [0, 0.1) is 0 Å². The summed E-state index contributed by atoms with van der Waals surface area (Å²) in [6.07, 6.45) is 6.09. The minimum atomic E-state index is 0.686. The molecular weight excluding hydrogens is 190 g/mol. The fourth-order valence-electron chi connectivity index (χ4n) is 1.62. The van der Waals surface area contributed by atoms with E-state index in [1.54, 1.807) is 0 Å². The number of piperidine rings is 1. The summed E-state index contributed by atoms with van der Waals surface area (Å²) in [6.45, 7) is 5.14. The predicted octanol–water partition coefficient (Wildman–Crippen LogP) is 0.596. The van der Waals surface area contributed by atoms with Crippen LogP contribution >= 0.6 is 0 Å². The molecule has 0 aromatic rings. The van der Waals surface area contributed by atoms with Gasteiger partial charge in [0.15, 0.2) is 0 Å². The molecular formula is C10H23N5. The van der Waals surface area contributed by atoms with Crippen LogP contribution in [-0.2, 0) is 0 Å². The average molecular weight is 213 g/mol. The van der Waals surface area contributed by atoms with Gasteiger partial charge < -0.3 is 0 Å². The Morgan fingerprint density at radius 2 is 2.07 bits per heavy atom. The molecule has 0 aromatic carbocycles. The number of hydrogen-bond acceptors (Lipinski definition) is 3. The van der Waals surface area contributed by atoms with Gasteiger partial charge in [0, 0.05) is 19.6 Å². The minimum absolute atomic E-state index is 0.686. The number of nitrogens with two attached hydrogens (primary N) is 1. The van der Waals surface area contributed by atoms with Gasteiger partial charge in [0.1, 0.15) is 0 Å². The maximum Gasteiger partial charge on any atom is 0.220 e. The molecule has 1 fully saturated rings. The molecule has 1 rings (SSSR count). The third-order valence-corrected chi connectivity index (χ3v) is 2.54. The summed E-state index contributed by atoms with van der Waals surface area (Å²) < 4.78 is 0. The summed E-state index contributed by atoms with van der Waals surface area (Å²) in [7, 11) is 0. The topological polar surface area (TPSA) is 65.7 Å². The fraction of sp³-hybridized carbons (Fsp3) is 0.900. The Bertz CT molecular complexity index is 186. The number of rotatable bonds is 4. The monoisotopic (exact) mass is 213 g/mol. The van der Waals surface area contributed by atoms with Gasteiger partial charge in [-0.25, -0.2) is 10.9 Å². The van der Waals surface area contributed by atoms with Gasteiger partial charge in [0.2, 0.25) is 5.96 Å². The van der Waals surface area contributed by atoms with Crippen molar-refractivity contribution >= 4 is 5.96 Å². The highest BCUT2D eigenvalue weighted by atomic mass is 15.6. The van der Waals surface area contributed by atoms with Gasteiger partial charge in [-0.15, -0.1) is 0 Å². The van der Waals surface area contributed by atoms with E-state index in [9.17, 15) is 0 Å². The van der Waals surface area contributed by atoms with Crippen molar-refractivity contribution in [3.8, 4) is 0 Å². The number of guanidine groups is 1. The molecule has 1 aliphatic heterocycles. The second-order valence-corrected chi connectivity index (χ2v) is 3.89. The lowest BCUT2D eigenvalue weighted by Gasteiger charge is -2.27. The van der Waals surface area contributed by atoms with Crippen molar-refractivity contribution in [2.24, 2.45) is 10.8 Å². The number of nitrogens with one attached hydrogen (secondary N) is 2. The standard InChI is InChI=1S/C10H23N5/c1-2-3-7-12-10(13-11)14-15-8-5-4-6-9-15/h2-9,11H2,1H3,(H2,12,13,14). The predicted molar refractivity (Wildman–Crippen MR) is 63.1 cm³/mol. The molecule has 5 heteroatoms. The number of aliphatic imine (C=N–C) groups is 1. The molecule has 1 aliphatic rings. The van der Waals surface area contributed by atoms with Gasteiger partial charge >= 0.3 is 0 Å². The van der Waals surface area contributed by atoms with Crippen molar-refractivity contribution in [1.29, 1.82) is 0 Å². The minimum Gasteiger partial charge on any atom is -0.293 e. The smallest absolute Gasteiger partial charge is 0.220 e. The SMILES string of the molecule is CCCCN=C(NN)NN1CCCCC1. The highest BCUT2D eigenvalue weighted by Gasteiger charge is 2.10. The van der Waals surface area contributed by atoms with E-state index in [1.165, 1.54) is 19.3 Å². The Morgan fingerprint density at radius 3 is 2.67 bits per heavy atom. The molecule has 1 heterocycles. The van der Waals surface area contributed by atoms with Crippen LogP contribution in [0.2, 0.25) is 0 Å². The van der Waals surface area contributed by atoms with Gasteiger partial charge in [0.05, 0.1) is 0 Å². The second kappa shape index (κ2) is 7.48. The Hall–Kier alpha value is -0.810. The summed E-state index contributed by atoms with van der Waals surface area (Å²) >= 11 is 0. The van der Waals surface area contributed by atoms with Crippen molar-refractivity contribution in [2.75, 3.05) is 19.6 Å². The molecule has 1 saturated heterocycles. The number of unbranched alkanes of at least 4 members (excludes halogenated alkanes) is 1. The van der Waals surface area contributed by atoms with E-state index in [1.807, 2.05) is 0 Å². The first-order valence-electron chi connectivity index (χ1n) is 5.89. The van der Waals surface area contributed by atoms with Gasteiger partial charge in [-0.2, -0.15) is 0 Å². The Morgan fingerprint density at radius 1 is 1.33 bits per heavy atom. The molecule has 0 unspecified atom stereocenters. The molecule has 0 amide bonds. The van der Waals surface area contributed by atoms with Crippen LogP contribution in [0.5, 0.6) is 0 Å². The first-order chi connectivity index (χ1) is 7.36. The Balaban J connectivity index is 2.27. The summed E-state index contributed by atoms with van der Waals surface area (Å²) in [4.78, 5) is 4.35. The molecule has 0 spiro atoms.